The summed E-state index contributed by atoms with van der Waals surface area (Å²) in [6, 6.07) is 0.163. The largest absolute Gasteiger partial charge is 0.493 e. The maximum absolute atomic E-state index is 14.3. The number of benzene rings is 1. The number of allylic oxidation sites excluding steroid dienone is 3. The molecule has 4 fully saturated rings. The Balaban J connectivity index is 1.27. The molecule has 7 atom stereocenters. The van der Waals surface area contributed by atoms with Crippen LogP contribution in [0, 0.1) is 52.3 Å². The molecule has 6 nitrogen and oxygen atoms in total. The van der Waals surface area contributed by atoms with Crippen LogP contribution < -0.4 is 4.74 Å². The summed E-state index contributed by atoms with van der Waals surface area (Å²) in [4.78, 5) is 2.40. The second-order valence-corrected chi connectivity index (χ2v) is 11.6. The van der Waals surface area contributed by atoms with Crippen LogP contribution >= 0.6 is 12.2 Å². The minimum Gasteiger partial charge on any atom is -0.493 e. The van der Waals surface area contributed by atoms with Crippen molar-refractivity contribution in [3.8, 4) is 5.75 Å². The molecule has 2 saturated carbocycles. The second-order valence-electron chi connectivity index (χ2n) is 11.2. The zero-order chi connectivity index (χ0) is 27.4. The number of halogens is 5. The Labute approximate surface area is 225 Å². The van der Waals surface area contributed by atoms with Crippen LogP contribution in [-0.2, 0) is 14.2 Å². The van der Waals surface area contributed by atoms with Crippen molar-refractivity contribution in [2.45, 2.75) is 43.4 Å². The van der Waals surface area contributed by atoms with E-state index in [4.69, 9.17) is 31.2 Å². The first-order valence-corrected chi connectivity index (χ1v) is 13.2. The van der Waals surface area contributed by atoms with Gasteiger partial charge in [0, 0.05) is 30.7 Å². The van der Waals surface area contributed by atoms with Crippen LogP contribution in [0.3, 0.4) is 0 Å². The molecular weight excluding hydrogens is 545 g/mol. The molecule has 2 aliphatic heterocycles. The quantitative estimate of drug-likeness (QED) is 0.176. The summed E-state index contributed by atoms with van der Waals surface area (Å²) in [6.07, 6.45) is 8.69. The highest BCUT2D eigenvalue weighted by Crippen LogP contribution is 2.69. The number of aliphatic hydroxyl groups excluding tert-OH is 1. The zero-order valence-electron chi connectivity index (χ0n) is 20.7. The van der Waals surface area contributed by atoms with Gasteiger partial charge in [-0.05, 0) is 49.7 Å². The van der Waals surface area contributed by atoms with Gasteiger partial charge < -0.3 is 24.1 Å². The molecule has 6 aliphatic rings. The zero-order valence-corrected chi connectivity index (χ0v) is 21.5. The van der Waals surface area contributed by atoms with Gasteiger partial charge in [-0.2, -0.15) is 8.78 Å². The fourth-order valence-electron chi connectivity index (χ4n) is 7.34. The van der Waals surface area contributed by atoms with Gasteiger partial charge in [0.25, 0.3) is 0 Å². The first-order valence-electron chi connectivity index (χ1n) is 12.8. The third-order valence-corrected chi connectivity index (χ3v) is 9.40. The van der Waals surface area contributed by atoms with Crippen LogP contribution in [0.15, 0.2) is 35.5 Å². The van der Waals surface area contributed by atoms with E-state index in [1.165, 1.54) is 7.11 Å². The highest BCUT2D eigenvalue weighted by molar-refractivity contribution is 7.79. The van der Waals surface area contributed by atoms with Crippen LogP contribution in [-0.4, -0.2) is 53.2 Å². The van der Waals surface area contributed by atoms with Crippen LogP contribution in [0.2, 0.25) is 0 Å². The Morgan fingerprint density at radius 1 is 1.10 bits per heavy atom. The van der Waals surface area contributed by atoms with E-state index >= 15 is 0 Å². The van der Waals surface area contributed by atoms with Crippen molar-refractivity contribution >= 4 is 17.5 Å². The Morgan fingerprint density at radius 3 is 2.44 bits per heavy atom. The van der Waals surface area contributed by atoms with Crippen molar-refractivity contribution in [2.24, 2.45) is 23.2 Å². The summed E-state index contributed by atoms with van der Waals surface area (Å²) in [6.45, 7) is 0.644. The van der Waals surface area contributed by atoms with Crippen molar-refractivity contribution in [1.29, 1.82) is 0 Å². The molecule has 1 N–H and O–H groups in total. The fourth-order valence-corrected chi connectivity index (χ4v) is 7.52. The maximum atomic E-state index is 14.3. The third kappa shape index (κ3) is 3.40. The van der Waals surface area contributed by atoms with E-state index in [-0.39, 0.29) is 30.2 Å². The maximum Gasteiger partial charge on any atom is 0.363 e. The Hall–Kier alpha value is -2.70. The predicted molar refractivity (Wildman–Crippen MR) is 128 cm³/mol. The lowest BCUT2D eigenvalue weighted by atomic mass is 9.61. The molecule has 1 aromatic rings. The standard InChI is InChI=1S/C27H24F5NO5S/c1-35-13-5-4-12-6-15-27(33(15)8-11-2-3-11)7-14(24-26(9-27,10-34)16(12)22(13)37-24)36-25(39)38-23-20(31)18(29)17(28)19(30)21(23)32/h4-5,7,11-12,15-16,24,34H,2-3,6,8-10H2,1H3/t12?,15?,16?,24-,26-,27?,33?/m0/s1. The van der Waals surface area contributed by atoms with E-state index in [0.29, 0.717) is 23.9 Å². The van der Waals surface area contributed by atoms with E-state index in [0.717, 1.165) is 25.8 Å². The topological polar surface area (TPSA) is 60.2 Å². The number of hydrogen-bond acceptors (Lipinski definition) is 7. The Kier molecular flexibility index (Phi) is 5.45. The van der Waals surface area contributed by atoms with Crippen LogP contribution in [0.1, 0.15) is 25.7 Å². The third-order valence-electron chi connectivity index (χ3n) is 9.24. The van der Waals surface area contributed by atoms with Gasteiger partial charge in [0.15, 0.2) is 11.9 Å². The molecule has 0 amide bonds. The number of aliphatic hydroxyl groups is 1. The van der Waals surface area contributed by atoms with Gasteiger partial charge in [-0.15, -0.1) is 0 Å². The fraction of sp³-hybridized carbons (Fsp3) is 0.519. The van der Waals surface area contributed by atoms with Gasteiger partial charge in [-0.25, -0.2) is 13.2 Å². The normalized spacial score (nSPS) is 37.0. The molecule has 0 radical (unpaired) electrons. The van der Waals surface area contributed by atoms with E-state index in [1.54, 1.807) is 0 Å². The van der Waals surface area contributed by atoms with Crippen LogP contribution in [0.25, 0.3) is 0 Å². The lowest BCUT2D eigenvalue weighted by molar-refractivity contribution is -0.0177. The van der Waals surface area contributed by atoms with E-state index in [9.17, 15) is 27.1 Å². The van der Waals surface area contributed by atoms with Crippen molar-refractivity contribution in [1.82, 2.24) is 4.90 Å². The summed E-state index contributed by atoms with van der Waals surface area (Å²) >= 11 is 5.07. The number of rotatable bonds is 6. The number of thiocarbonyl (C=S) groups is 1. The summed E-state index contributed by atoms with van der Waals surface area (Å²) in [5.41, 5.74) is -1.29. The van der Waals surface area contributed by atoms with Crippen molar-refractivity contribution in [2.75, 3.05) is 20.3 Å². The van der Waals surface area contributed by atoms with Gasteiger partial charge >= 0.3 is 5.24 Å². The molecule has 1 spiro atoms. The minimum absolute atomic E-state index is 0.0661. The first-order chi connectivity index (χ1) is 18.6. The average molecular weight is 570 g/mol. The van der Waals surface area contributed by atoms with Gasteiger partial charge in [0.2, 0.25) is 34.8 Å². The molecule has 2 bridgehead atoms. The Bertz CT molecular complexity index is 1370. The van der Waals surface area contributed by atoms with Crippen molar-refractivity contribution in [3.63, 3.8) is 0 Å². The molecule has 12 heteroatoms. The van der Waals surface area contributed by atoms with Crippen molar-refractivity contribution in [3.05, 3.63) is 64.6 Å². The highest BCUT2D eigenvalue weighted by Gasteiger charge is 2.75. The molecular formula is C27H24F5NO5S. The number of likely N-dealkylation sites (tertiary alicyclic amines) is 1. The molecule has 2 heterocycles. The Morgan fingerprint density at radius 2 is 1.79 bits per heavy atom. The smallest absolute Gasteiger partial charge is 0.363 e. The highest BCUT2D eigenvalue weighted by atomic mass is 32.1. The number of methoxy groups -OCH3 is 1. The van der Waals surface area contributed by atoms with Gasteiger partial charge in [-0.1, -0.05) is 6.08 Å². The van der Waals surface area contributed by atoms with E-state index < -0.39 is 57.1 Å². The van der Waals surface area contributed by atoms with Gasteiger partial charge in [-0.3, -0.25) is 4.90 Å². The molecule has 2 saturated heterocycles. The van der Waals surface area contributed by atoms with Crippen molar-refractivity contribution < 1.29 is 46.0 Å². The molecule has 0 aromatic heterocycles. The minimum atomic E-state index is -2.31. The second kappa shape index (κ2) is 8.40. The molecule has 5 unspecified atom stereocenters. The van der Waals surface area contributed by atoms with Gasteiger partial charge in [0.05, 0.1) is 24.7 Å². The SMILES string of the molecule is COC1=C2O[C@H]3C(OC(=S)Oc4c(F)c(F)c(F)c(F)c4F)=CC45C[C@]3(CO)C2C(C=C1)CC4N5CC1CC1. The lowest BCUT2D eigenvalue weighted by Gasteiger charge is -2.43. The number of hydrogen-bond donors (Lipinski definition) is 1. The van der Waals surface area contributed by atoms with E-state index in [2.05, 4.69) is 11.0 Å². The molecule has 1 aromatic carbocycles. The first kappa shape index (κ1) is 25.3. The summed E-state index contributed by atoms with van der Waals surface area (Å²) in [7, 11) is 1.53. The van der Waals surface area contributed by atoms with Crippen LogP contribution in [0.5, 0.6) is 5.75 Å². The molecule has 208 valence electrons. The number of nitrogens with zero attached hydrogens (tertiary/aromatic N) is 1. The molecule has 39 heavy (non-hydrogen) atoms. The van der Waals surface area contributed by atoms with E-state index in [1.807, 2.05) is 12.2 Å². The lowest BCUT2D eigenvalue weighted by Crippen LogP contribution is -2.49. The van der Waals surface area contributed by atoms with Gasteiger partial charge in [0.1, 0.15) is 11.5 Å². The molecule has 4 aliphatic carbocycles. The summed E-state index contributed by atoms with van der Waals surface area (Å²) in [5, 5.41) is 10.1. The number of ether oxygens (including phenoxy) is 4. The molecule has 7 rings (SSSR count). The average Bonchev–Trinajstić information content (AvgIpc) is 3.82. The van der Waals surface area contributed by atoms with Crippen LogP contribution in [0.4, 0.5) is 22.0 Å². The summed E-state index contributed by atoms with van der Waals surface area (Å²) in [5.74, 6) is -10.8. The predicted octanol–water partition coefficient (Wildman–Crippen LogP) is 4.62. The monoisotopic (exact) mass is 569 g/mol. The summed E-state index contributed by atoms with van der Waals surface area (Å²) < 4.78 is 92.1.